The average molecular weight is 265 g/mol. The Labute approximate surface area is 109 Å². The molecule has 0 aliphatic rings. The number of nitrogens with one attached hydrogen (secondary N) is 1. The average Bonchev–Trinajstić information content (AvgIpc) is 2.96. The van der Waals surface area contributed by atoms with Crippen LogP contribution in [0.4, 0.5) is 0 Å². The summed E-state index contributed by atoms with van der Waals surface area (Å²) < 4.78 is 1.48. The molecule has 2 heterocycles. The number of carbonyl (C=O) groups excluding carboxylic acids is 1. The van der Waals surface area contributed by atoms with Crippen molar-refractivity contribution in [1.29, 1.82) is 0 Å². The normalized spacial score (nSPS) is 10.6. The maximum absolute atomic E-state index is 11.7. The van der Waals surface area contributed by atoms with Crippen molar-refractivity contribution in [2.75, 3.05) is 0 Å². The summed E-state index contributed by atoms with van der Waals surface area (Å²) >= 11 is 1.64. The zero-order valence-electron chi connectivity index (χ0n) is 10.1. The van der Waals surface area contributed by atoms with Crippen LogP contribution in [0, 0.1) is 6.92 Å². The summed E-state index contributed by atoms with van der Waals surface area (Å²) in [5.74, 6) is -0.0868. The minimum absolute atomic E-state index is 0.0868. The smallest absolute Gasteiger partial charge is 0.242 e. The molecule has 0 saturated carbocycles. The summed E-state index contributed by atoms with van der Waals surface area (Å²) in [6.07, 6.45) is 1.68. The fraction of sp³-hybridized carbons (Fsp3) is 0.364. The molecular weight excluding hydrogens is 250 g/mol. The molecule has 2 aromatic rings. The highest BCUT2D eigenvalue weighted by Gasteiger charge is 2.06. The summed E-state index contributed by atoms with van der Waals surface area (Å²) in [6, 6.07) is 2.04. The van der Waals surface area contributed by atoms with Gasteiger partial charge in [0, 0.05) is 11.4 Å². The number of aryl methyl sites for hydroxylation is 1. The maximum Gasteiger partial charge on any atom is 0.242 e. The van der Waals surface area contributed by atoms with Crippen LogP contribution < -0.4 is 11.1 Å². The fourth-order valence-corrected chi connectivity index (χ4v) is 2.32. The number of hydrogen-bond donors (Lipinski definition) is 2. The zero-order valence-corrected chi connectivity index (χ0v) is 10.9. The molecular formula is C11H15N5OS. The van der Waals surface area contributed by atoms with Crippen LogP contribution in [0.15, 0.2) is 17.6 Å². The molecule has 0 unspecified atom stereocenters. The van der Waals surface area contributed by atoms with Crippen molar-refractivity contribution in [3.05, 3.63) is 33.8 Å². The van der Waals surface area contributed by atoms with Gasteiger partial charge in [-0.25, -0.2) is 4.68 Å². The highest BCUT2D eigenvalue weighted by Crippen LogP contribution is 2.14. The van der Waals surface area contributed by atoms with Gasteiger partial charge in [-0.3, -0.25) is 4.79 Å². The SMILES string of the molecule is Cc1ccsc1CNC(=O)Cn1cc(CN)nn1. The summed E-state index contributed by atoms with van der Waals surface area (Å²) in [6.45, 7) is 3.08. The van der Waals surface area contributed by atoms with E-state index in [1.54, 1.807) is 17.5 Å². The number of amides is 1. The van der Waals surface area contributed by atoms with Crippen LogP contribution in [0.3, 0.4) is 0 Å². The molecule has 0 aromatic carbocycles. The fourth-order valence-electron chi connectivity index (χ4n) is 1.48. The van der Waals surface area contributed by atoms with E-state index in [4.69, 9.17) is 5.73 Å². The molecule has 0 fully saturated rings. The molecule has 96 valence electrons. The second kappa shape index (κ2) is 5.74. The first-order chi connectivity index (χ1) is 8.69. The van der Waals surface area contributed by atoms with Crippen LogP contribution in [0.1, 0.15) is 16.1 Å². The Bertz CT molecular complexity index is 533. The van der Waals surface area contributed by atoms with E-state index in [-0.39, 0.29) is 12.5 Å². The molecule has 18 heavy (non-hydrogen) atoms. The van der Waals surface area contributed by atoms with Gasteiger partial charge < -0.3 is 11.1 Å². The van der Waals surface area contributed by atoms with Gasteiger partial charge in [0.05, 0.1) is 18.4 Å². The highest BCUT2D eigenvalue weighted by molar-refractivity contribution is 7.10. The van der Waals surface area contributed by atoms with Crippen LogP contribution in [-0.2, 0) is 24.4 Å². The van der Waals surface area contributed by atoms with Gasteiger partial charge in [0.25, 0.3) is 0 Å². The maximum atomic E-state index is 11.7. The number of aromatic nitrogens is 3. The van der Waals surface area contributed by atoms with Crippen LogP contribution in [0.2, 0.25) is 0 Å². The van der Waals surface area contributed by atoms with Crippen LogP contribution >= 0.6 is 11.3 Å². The van der Waals surface area contributed by atoms with Gasteiger partial charge in [0.15, 0.2) is 0 Å². The number of nitrogens with two attached hydrogens (primary N) is 1. The Morgan fingerprint density at radius 2 is 2.44 bits per heavy atom. The summed E-state index contributed by atoms with van der Waals surface area (Å²) in [5, 5.41) is 12.5. The molecule has 0 spiro atoms. The van der Waals surface area contributed by atoms with E-state index >= 15 is 0 Å². The Morgan fingerprint density at radius 1 is 1.61 bits per heavy atom. The topological polar surface area (TPSA) is 85.8 Å². The number of nitrogens with zero attached hydrogens (tertiary/aromatic N) is 3. The van der Waals surface area contributed by atoms with E-state index in [0.29, 0.717) is 18.8 Å². The predicted molar refractivity (Wildman–Crippen MR) is 68.8 cm³/mol. The molecule has 0 aliphatic heterocycles. The van der Waals surface area contributed by atoms with Gasteiger partial charge >= 0.3 is 0 Å². The Balaban J connectivity index is 1.84. The molecule has 6 nitrogen and oxygen atoms in total. The van der Waals surface area contributed by atoms with E-state index in [2.05, 4.69) is 15.6 Å². The lowest BCUT2D eigenvalue weighted by molar-refractivity contribution is -0.122. The third kappa shape index (κ3) is 3.14. The molecule has 0 aliphatic carbocycles. The molecule has 0 saturated heterocycles. The number of carbonyl (C=O) groups is 1. The molecule has 0 atom stereocenters. The van der Waals surface area contributed by atoms with Gasteiger partial charge in [0.2, 0.25) is 5.91 Å². The van der Waals surface area contributed by atoms with E-state index in [0.717, 1.165) is 0 Å². The van der Waals surface area contributed by atoms with Crippen molar-refractivity contribution in [1.82, 2.24) is 20.3 Å². The molecule has 2 rings (SSSR count). The molecule has 1 amide bonds. The monoisotopic (exact) mass is 265 g/mol. The van der Waals surface area contributed by atoms with E-state index in [1.165, 1.54) is 15.1 Å². The summed E-state index contributed by atoms with van der Waals surface area (Å²) in [7, 11) is 0. The van der Waals surface area contributed by atoms with Gasteiger partial charge in [-0.2, -0.15) is 0 Å². The number of thiophene rings is 1. The third-order valence-corrected chi connectivity index (χ3v) is 3.54. The Hall–Kier alpha value is -1.73. The minimum Gasteiger partial charge on any atom is -0.350 e. The van der Waals surface area contributed by atoms with Gasteiger partial charge in [0.1, 0.15) is 6.54 Å². The molecule has 7 heteroatoms. The third-order valence-electron chi connectivity index (χ3n) is 2.52. The number of hydrogen-bond acceptors (Lipinski definition) is 5. The number of rotatable bonds is 5. The van der Waals surface area contributed by atoms with Crippen LogP contribution in [0.5, 0.6) is 0 Å². The largest absolute Gasteiger partial charge is 0.350 e. The first-order valence-electron chi connectivity index (χ1n) is 5.58. The lowest BCUT2D eigenvalue weighted by atomic mass is 10.3. The predicted octanol–water partition coefficient (Wildman–Crippen LogP) is 0.423. The van der Waals surface area contributed by atoms with Crippen LogP contribution in [0.25, 0.3) is 0 Å². The van der Waals surface area contributed by atoms with E-state index in [1.807, 2.05) is 18.4 Å². The summed E-state index contributed by atoms with van der Waals surface area (Å²) in [4.78, 5) is 12.9. The highest BCUT2D eigenvalue weighted by atomic mass is 32.1. The Morgan fingerprint density at radius 3 is 3.06 bits per heavy atom. The quantitative estimate of drug-likeness (QED) is 0.820. The van der Waals surface area contributed by atoms with Crippen molar-refractivity contribution in [3.8, 4) is 0 Å². The van der Waals surface area contributed by atoms with Gasteiger partial charge in [-0.15, -0.1) is 16.4 Å². The summed E-state index contributed by atoms with van der Waals surface area (Å²) in [5.41, 5.74) is 7.30. The van der Waals surface area contributed by atoms with Crippen molar-refractivity contribution >= 4 is 17.2 Å². The molecule has 2 aromatic heterocycles. The molecule has 0 radical (unpaired) electrons. The Kier molecular flexibility index (Phi) is 4.06. The van der Waals surface area contributed by atoms with Crippen LogP contribution in [-0.4, -0.2) is 20.9 Å². The first-order valence-corrected chi connectivity index (χ1v) is 6.45. The lowest BCUT2D eigenvalue weighted by Gasteiger charge is -2.04. The van der Waals surface area contributed by atoms with Crippen molar-refractivity contribution in [2.45, 2.75) is 26.6 Å². The molecule has 3 N–H and O–H groups in total. The van der Waals surface area contributed by atoms with E-state index in [9.17, 15) is 4.79 Å². The standard InChI is InChI=1S/C11H15N5OS/c1-8-2-3-18-10(8)5-13-11(17)7-16-6-9(4-12)14-15-16/h2-3,6H,4-5,7,12H2,1H3,(H,13,17). The zero-order chi connectivity index (χ0) is 13.0. The van der Waals surface area contributed by atoms with Gasteiger partial charge in [-0.05, 0) is 23.9 Å². The molecule has 0 bridgehead atoms. The van der Waals surface area contributed by atoms with Gasteiger partial charge in [-0.1, -0.05) is 5.21 Å². The first kappa shape index (κ1) is 12.7. The minimum atomic E-state index is -0.0868. The lowest BCUT2D eigenvalue weighted by Crippen LogP contribution is -2.27. The second-order valence-electron chi connectivity index (χ2n) is 3.92. The van der Waals surface area contributed by atoms with Crippen molar-refractivity contribution in [3.63, 3.8) is 0 Å². The van der Waals surface area contributed by atoms with Crippen molar-refractivity contribution in [2.24, 2.45) is 5.73 Å². The second-order valence-corrected chi connectivity index (χ2v) is 4.92. The van der Waals surface area contributed by atoms with Crippen molar-refractivity contribution < 1.29 is 4.79 Å². The van der Waals surface area contributed by atoms with E-state index < -0.39 is 0 Å².